The normalized spacial score (nSPS) is 16.1. The molecule has 0 fully saturated rings. The number of nitrogens with zero attached hydrogens (tertiary/aromatic N) is 4. The molecule has 8 nitrogen and oxygen atoms in total. The number of anilines is 3. The Morgan fingerprint density at radius 2 is 1.87 bits per heavy atom. The molecule has 0 radical (unpaired) electrons. The minimum absolute atomic E-state index is 0.0760. The van der Waals surface area contributed by atoms with E-state index in [0.717, 1.165) is 16.7 Å². The second kappa shape index (κ2) is 7.82. The Hall–Kier alpha value is -3.94. The average Bonchev–Trinajstić information content (AvgIpc) is 2.75. The molecule has 8 heteroatoms. The number of rotatable bonds is 4. The van der Waals surface area contributed by atoms with Gasteiger partial charge in [-0.2, -0.15) is 0 Å². The number of hydrazine groups is 1. The fraction of sp³-hybridized carbons (Fsp3) is 0.182. The topological polar surface area (TPSA) is 89.9 Å². The van der Waals surface area contributed by atoms with Crippen molar-refractivity contribution >= 4 is 45.7 Å². The van der Waals surface area contributed by atoms with E-state index in [9.17, 15) is 9.59 Å². The monoisotopic (exact) mass is 402 g/mol. The van der Waals surface area contributed by atoms with Crippen molar-refractivity contribution in [2.24, 2.45) is 4.99 Å². The Labute approximate surface area is 174 Å². The molecule has 2 aromatic carbocycles. The van der Waals surface area contributed by atoms with Crippen LogP contribution in [-0.4, -0.2) is 42.8 Å². The summed E-state index contributed by atoms with van der Waals surface area (Å²) in [5.74, 6) is 0.283. The summed E-state index contributed by atoms with van der Waals surface area (Å²) in [6.45, 7) is 1.66. The quantitative estimate of drug-likeness (QED) is 0.700. The third kappa shape index (κ3) is 3.80. The summed E-state index contributed by atoms with van der Waals surface area (Å²) in [7, 11) is 3.87. The van der Waals surface area contributed by atoms with Gasteiger partial charge in [0, 0.05) is 25.2 Å². The minimum atomic E-state index is -0.669. The third-order valence-corrected chi connectivity index (χ3v) is 4.74. The molecule has 3 aromatic rings. The number of benzene rings is 2. The van der Waals surface area contributed by atoms with E-state index in [1.807, 2.05) is 61.5 Å². The van der Waals surface area contributed by atoms with E-state index in [2.05, 4.69) is 20.7 Å². The fourth-order valence-electron chi connectivity index (χ4n) is 3.14. The molecule has 0 aliphatic carbocycles. The molecule has 0 saturated heterocycles. The maximum absolute atomic E-state index is 12.8. The number of para-hydroxylation sites is 1. The molecule has 1 aliphatic rings. The van der Waals surface area contributed by atoms with E-state index >= 15 is 0 Å². The van der Waals surface area contributed by atoms with Crippen LogP contribution in [0.1, 0.15) is 6.92 Å². The van der Waals surface area contributed by atoms with Gasteiger partial charge in [0.15, 0.2) is 0 Å². The number of hydrogen-bond acceptors (Lipinski definition) is 6. The molecule has 30 heavy (non-hydrogen) atoms. The van der Waals surface area contributed by atoms with E-state index in [1.165, 1.54) is 5.01 Å². The lowest BCUT2D eigenvalue weighted by Crippen LogP contribution is -2.57. The van der Waals surface area contributed by atoms with Crippen molar-refractivity contribution in [1.82, 2.24) is 10.4 Å². The highest BCUT2D eigenvalue weighted by Gasteiger charge is 2.30. The molecule has 1 aliphatic heterocycles. The molecule has 1 atom stereocenters. The number of aromatic nitrogens is 1. The van der Waals surface area contributed by atoms with Gasteiger partial charge in [-0.3, -0.25) is 15.0 Å². The summed E-state index contributed by atoms with van der Waals surface area (Å²) < 4.78 is 0. The van der Waals surface area contributed by atoms with Crippen molar-refractivity contribution < 1.29 is 9.59 Å². The Morgan fingerprint density at radius 3 is 2.60 bits per heavy atom. The summed E-state index contributed by atoms with van der Waals surface area (Å²) in [4.78, 5) is 36.0. The molecule has 0 bridgehead atoms. The summed E-state index contributed by atoms with van der Waals surface area (Å²) in [5, 5.41) is 5.10. The molecular formula is C22H22N6O2. The highest BCUT2D eigenvalue weighted by Crippen LogP contribution is 2.21. The van der Waals surface area contributed by atoms with Crippen molar-refractivity contribution in [1.29, 1.82) is 0 Å². The predicted octanol–water partition coefficient (Wildman–Crippen LogP) is 2.58. The van der Waals surface area contributed by atoms with Crippen molar-refractivity contribution in [3.05, 3.63) is 60.7 Å². The Morgan fingerprint density at radius 1 is 1.10 bits per heavy atom. The lowest BCUT2D eigenvalue weighted by Gasteiger charge is -2.30. The van der Waals surface area contributed by atoms with E-state index in [1.54, 1.807) is 25.1 Å². The van der Waals surface area contributed by atoms with Gasteiger partial charge in [-0.15, -0.1) is 0 Å². The number of pyridine rings is 1. The Balaban J connectivity index is 1.55. The van der Waals surface area contributed by atoms with Crippen LogP contribution in [0.3, 0.4) is 0 Å². The molecule has 1 aromatic heterocycles. The summed E-state index contributed by atoms with van der Waals surface area (Å²) in [5.41, 5.74) is 4.93. The van der Waals surface area contributed by atoms with Crippen LogP contribution in [-0.2, 0) is 9.59 Å². The lowest BCUT2D eigenvalue weighted by atomic mass is 10.2. The fourth-order valence-corrected chi connectivity index (χ4v) is 3.14. The van der Waals surface area contributed by atoms with Crippen molar-refractivity contribution in [2.45, 2.75) is 13.0 Å². The van der Waals surface area contributed by atoms with Crippen LogP contribution < -0.4 is 20.7 Å². The largest absolute Gasteiger partial charge is 0.363 e. The smallest absolute Gasteiger partial charge is 0.292 e. The van der Waals surface area contributed by atoms with Crippen LogP contribution in [0.15, 0.2) is 65.7 Å². The van der Waals surface area contributed by atoms with Gasteiger partial charge in [0.1, 0.15) is 11.9 Å². The van der Waals surface area contributed by atoms with Gasteiger partial charge in [0.2, 0.25) is 5.84 Å². The van der Waals surface area contributed by atoms with Crippen molar-refractivity contribution in [3.8, 4) is 0 Å². The Kier molecular flexibility index (Phi) is 5.05. The van der Waals surface area contributed by atoms with Crippen molar-refractivity contribution in [3.63, 3.8) is 0 Å². The molecule has 2 N–H and O–H groups in total. The first kappa shape index (κ1) is 19.4. The van der Waals surface area contributed by atoms with Crippen molar-refractivity contribution in [2.75, 3.05) is 29.3 Å². The molecule has 1 unspecified atom stereocenters. The summed E-state index contributed by atoms with van der Waals surface area (Å²) >= 11 is 0. The van der Waals surface area contributed by atoms with Gasteiger partial charge < -0.3 is 10.2 Å². The van der Waals surface area contributed by atoms with Gasteiger partial charge in [-0.25, -0.2) is 15.0 Å². The van der Waals surface area contributed by atoms with E-state index in [0.29, 0.717) is 11.4 Å². The van der Waals surface area contributed by atoms with Crippen LogP contribution in [0.4, 0.5) is 17.2 Å². The van der Waals surface area contributed by atoms with Gasteiger partial charge >= 0.3 is 0 Å². The molecule has 2 heterocycles. The molecule has 2 amide bonds. The molecular weight excluding hydrogens is 380 g/mol. The molecule has 0 saturated carbocycles. The van der Waals surface area contributed by atoms with E-state index in [-0.39, 0.29) is 11.7 Å². The first-order valence-corrected chi connectivity index (χ1v) is 9.55. The maximum atomic E-state index is 12.8. The minimum Gasteiger partial charge on any atom is -0.363 e. The van der Waals surface area contributed by atoms with Gasteiger partial charge in [-0.1, -0.05) is 18.2 Å². The number of amidine groups is 1. The number of aliphatic imine (C=N–C) groups is 1. The van der Waals surface area contributed by atoms with Gasteiger partial charge in [-0.05, 0) is 49.4 Å². The zero-order valence-corrected chi connectivity index (χ0v) is 17.0. The first-order chi connectivity index (χ1) is 14.4. The molecule has 152 valence electrons. The summed E-state index contributed by atoms with van der Waals surface area (Å²) in [6.07, 6.45) is 0. The number of amides is 2. The predicted molar refractivity (Wildman–Crippen MR) is 119 cm³/mol. The number of carbonyl (C=O) groups is 2. The van der Waals surface area contributed by atoms with E-state index in [4.69, 9.17) is 0 Å². The van der Waals surface area contributed by atoms with Gasteiger partial charge in [0.25, 0.3) is 11.8 Å². The second-order valence-corrected chi connectivity index (χ2v) is 7.20. The highest BCUT2D eigenvalue weighted by atomic mass is 16.2. The van der Waals surface area contributed by atoms with Crippen LogP contribution in [0.2, 0.25) is 0 Å². The van der Waals surface area contributed by atoms with Crippen LogP contribution in [0, 0.1) is 0 Å². The second-order valence-electron chi connectivity index (χ2n) is 7.20. The van der Waals surface area contributed by atoms with Crippen LogP contribution in [0.25, 0.3) is 10.9 Å². The first-order valence-electron chi connectivity index (χ1n) is 9.55. The highest BCUT2D eigenvalue weighted by molar-refractivity contribution is 6.43. The molecule has 0 spiro atoms. The van der Waals surface area contributed by atoms with Gasteiger partial charge in [0.05, 0.1) is 11.2 Å². The van der Waals surface area contributed by atoms with Crippen LogP contribution in [0.5, 0.6) is 0 Å². The average molecular weight is 402 g/mol. The molecule has 4 rings (SSSR count). The summed E-state index contributed by atoms with van der Waals surface area (Å²) in [6, 6.07) is 17.8. The SMILES string of the molecule is CC1N=C(C(=O)Nc2ccc3nc(N(C)C)ccc3c2)NN(c2ccccc2)C1=O. The maximum Gasteiger partial charge on any atom is 0.292 e. The number of hydrogen-bond donors (Lipinski definition) is 2. The standard InChI is InChI=1S/C22H22N6O2/c1-14-22(30)28(17-7-5-4-6-8-17)26-20(23-14)21(29)24-16-10-11-18-15(13-16)9-12-19(25-18)27(2)3/h4-14H,1-3H3,(H,23,26)(H,24,29). The third-order valence-electron chi connectivity index (χ3n) is 4.74. The number of nitrogens with one attached hydrogen (secondary N) is 2. The number of fused-ring (bicyclic) bond motifs is 1. The van der Waals surface area contributed by atoms with Crippen LogP contribution >= 0.6 is 0 Å². The lowest BCUT2D eigenvalue weighted by molar-refractivity contribution is -0.120. The van der Waals surface area contributed by atoms with E-state index < -0.39 is 11.9 Å². The Bertz CT molecular complexity index is 1140. The number of carbonyl (C=O) groups excluding carboxylic acids is 2. The zero-order chi connectivity index (χ0) is 21.3. The zero-order valence-electron chi connectivity index (χ0n) is 17.0.